The first-order chi connectivity index (χ1) is 18.8. The molecule has 0 saturated heterocycles. The van der Waals surface area contributed by atoms with E-state index < -0.39 is 47.3 Å². The monoisotopic (exact) mass is 565 g/mol. The quantitative estimate of drug-likeness (QED) is 0.295. The van der Waals surface area contributed by atoms with E-state index >= 15 is 0 Å². The van der Waals surface area contributed by atoms with Gasteiger partial charge in [-0.05, 0) is 42.5 Å². The van der Waals surface area contributed by atoms with E-state index in [9.17, 15) is 33.0 Å². The molecule has 0 spiro atoms. The molecule has 0 bridgehead atoms. The topological polar surface area (TPSA) is 160 Å². The summed E-state index contributed by atoms with van der Waals surface area (Å²) in [6.07, 6.45) is -4.96. The van der Waals surface area contributed by atoms with Gasteiger partial charge in [0.05, 0.1) is 17.8 Å². The van der Waals surface area contributed by atoms with Crippen LogP contribution >= 0.6 is 0 Å². The lowest BCUT2D eigenvalue weighted by Gasteiger charge is -2.46. The number of aliphatic hydroxyl groups is 1. The number of carboxylic acid groups (broad SMARTS) is 1. The molecule has 0 aliphatic carbocycles. The maximum absolute atomic E-state index is 13.0. The Labute approximate surface area is 228 Å². The van der Waals surface area contributed by atoms with Gasteiger partial charge in [-0.1, -0.05) is 40.5 Å². The first-order valence-electron chi connectivity index (χ1n) is 12.8. The Kier molecular flexibility index (Phi) is 9.56. The van der Waals surface area contributed by atoms with Gasteiger partial charge < -0.3 is 29.6 Å². The van der Waals surface area contributed by atoms with Crippen molar-refractivity contribution in [1.82, 2.24) is 25.3 Å². The van der Waals surface area contributed by atoms with Crippen molar-refractivity contribution in [3.05, 3.63) is 48.0 Å². The molecular formula is C26H32F3N6O5-. The minimum atomic E-state index is -4.53. The van der Waals surface area contributed by atoms with E-state index in [2.05, 4.69) is 25.7 Å². The fraction of sp³-hybridized carbons (Fsp3) is 0.500. The fourth-order valence-corrected chi connectivity index (χ4v) is 4.29. The average molecular weight is 566 g/mol. The van der Waals surface area contributed by atoms with E-state index in [1.54, 1.807) is 13.8 Å². The zero-order valence-corrected chi connectivity index (χ0v) is 22.5. The maximum atomic E-state index is 13.0. The summed E-state index contributed by atoms with van der Waals surface area (Å²) in [7, 11) is 0. The molecule has 0 aliphatic rings. The molecule has 0 radical (unpaired) electrons. The molecular weight excluding hydrogens is 533 g/mol. The molecule has 2 aromatic heterocycles. The molecule has 2 amide bonds. The molecule has 1 aromatic carbocycles. The highest BCUT2D eigenvalue weighted by Crippen LogP contribution is 2.43. The molecule has 3 atom stereocenters. The van der Waals surface area contributed by atoms with Crippen molar-refractivity contribution < 1.29 is 37.4 Å². The third-order valence-electron chi connectivity index (χ3n) is 6.88. The maximum Gasteiger partial charge on any atom is 0.416 e. The lowest BCUT2D eigenvalue weighted by Crippen LogP contribution is -2.58. The number of hydrogen-bond donors (Lipinski definition) is 3. The van der Waals surface area contributed by atoms with Crippen LogP contribution in [0.3, 0.4) is 0 Å². The summed E-state index contributed by atoms with van der Waals surface area (Å²) < 4.78 is 44.8. The minimum absolute atomic E-state index is 0.109. The number of aromatic amines is 1. The zero-order valence-electron chi connectivity index (χ0n) is 22.5. The average Bonchev–Trinajstić information content (AvgIpc) is 3.60. The van der Waals surface area contributed by atoms with Gasteiger partial charge in [-0.25, -0.2) is 0 Å². The van der Waals surface area contributed by atoms with Gasteiger partial charge in [0.1, 0.15) is 18.0 Å². The van der Waals surface area contributed by atoms with Gasteiger partial charge in [-0.15, -0.1) is 10.2 Å². The Morgan fingerprint density at radius 3 is 2.35 bits per heavy atom. The second kappa shape index (κ2) is 12.5. The highest BCUT2D eigenvalue weighted by molar-refractivity contribution is 5.94. The zero-order chi connectivity index (χ0) is 29.7. The predicted octanol–water partition coefficient (Wildman–Crippen LogP) is 4.16. The van der Waals surface area contributed by atoms with Gasteiger partial charge in [-0.3, -0.25) is 9.89 Å². The Bertz CT molecular complexity index is 1260. The molecule has 2 heterocycles. The molecule has 3 rings (SSSR count). The van der Waals surface area contributed by atoms with E-state index in [1.165, 1.54) is 24.4 Å². The fourth-order valence-electron chi connectivity index (χ4n) is 4.29. The second-order valence-corrected chi connectivity index (χ2v) is 10.1. The van der Waals surface area contributed by atoms with E-state index in [0.717, 1.165) is 17.0 Å². The molecule has 3 N–H and O–H groups in total. The standard InChI is InChI=1S/C26H33F3N6O5/c1-5-7-8-17(19(36)21(37)31-18-13-14-30-32-18)35(24(38)39)20(25(3,4)6-2)23-34-33-22(40-23)15-9-11-16(12-10-15)26(27,28)29/h9-14,17,19-20,36H,5-8H2,1-4H3,(H,38,39)(H2,30,31,32,37)/p-1/t17-,19-,20-/m0/s1. The summed E-state index contributed by atoms with van der Waals surface area (Å²) in [5, 5.41) is 40.5. The number of alkyl halides is 3. The first kappa shape index (κ1) is 30.6. The number of carbonyl (C=O) groups excluding carboxylic acids is 2. The number of nitrogens with one attached hydrogen (secondary N) is 2. The Hall–Kier alpha value is -3.94. The lowest BCUT2D eigenvalue weighted by molar-refractivity contribution is -0.276. The molecule has 11 nitrogen and oxygen atoms in total. The highest BCUT2D eigenvalue weighted by atomic mass is 19.4. The molecule has 218 valence electrons. The molecule has 0 unspecified atom stereocenters. The van der Waals surface area contributed by atoms with Crippen molar-refractivity contribution in [1.29, 1.82) is 0 Å². The number of H-pyrrole nitrogens is 1. The van der Waals surface area contributed by atoms with Crippen LogP contribution in [0.4, 0.5) is 23.8 Å². The third-order valence-corrected chi connectivity index (χ3v) is 6.88. The number of aromatic nitrogens is 4. The molecule has 14 heteroatoms. The highest BCUT2D eigenvalue weighted by Gasteiger charge is 2.44. The van der Waals surface area contributed by atoms with Gasteiger partial charge in [0, 0.05) is 11.6 Å². The van der Waals surface area contributed by atoms with Crippen LogP contribution in [-0.2, 0) is 11.0 Å². The SMILES string of the molecule is CCCC[C@@H]([C@H](O)C(=O)Nc1ccn[nH]1)N(C(=O)[O-])[C@@H](c1nnc(-c2ccc(C(F)(F)F)cc2)o1)C(C)(C)CC. The number of carbonyl (C=O) groups is 2. The largest absolute Gasteiger partial charge is 0.530 e. The van der Waals surface area contributed by atoms with Crippen molar-refractivity contribution in [3.63, 3.8) is 0 Å². The number of amides is 2. The molecule has 0 fully saturated rings. The van der Waals surface area contributed by atoms with Crippen molar-refractivity contribution in [2.75, 3.05) is 5.32 Å². The molecule has 0 aliphatic heterocycles. The van der Waals surface area contributed by atoms with E-state index in [4.69, 9.17) is 4.42 Å². The number of rotatable bonds is 12. The summed E-state index contributed by atoms with van der Waals surface area (Å²) in [6, 6.07) is 3.12. The van der Waals surface area contributed by atoms with E-state index in [-0.39, 0.29) is 29.6 Å². The normalized spacial score (nSPS) is 14.4. The number of unbranched alkanes of at least 4 members (excludes halogenated alkanes) is 1. The lowest BCUT2D eigenvalue weighted by atomic mass is 9.79. The van der Waals surface area contributed by atoms with Gasteiger partial charge in [-0.2, -0.15) is 18.3 Å². The molecule has 40 heavy (non-hydrogen) atoms. The van der Waals surface area contributed by atoms with Crippen molar-refractivity contribution in [3.8, 4) is 11.5 Å². The Morgan fingerprint density at radius 1 is 1.15 bits per heavy atom. The minimum Gasteiger partial charge on any atom is -0.530 e. The smallest absolute Gasteiger partial charge is 0.416 e. The van der Waals surface area contributed by atoms with Gasteiger partial charge in [0.2, 0.25) is 11.8 Å². The van der Waals surface area contributed by atoms with Crippen LogP contribution in [0.25, 0.3) is 11.5 Å². The number of aliphatic hydroxyl groups excluding tert-OH is 1. The van der Waals surface area contributed by atoms with Crippen molar-refractivity contribution in [2.24, 2.45) is 5.41 Å². The number of halogens is 3. The van der Waals surface area contributed by atoms with Crippen LogP contribution in [0.1, 0.15) is 70.9 Å². The molecule has 0 saturated carbocycles. The van der Waals surface area contributed by atoms with Crippen molar-refractivity contribution in [2.45, 2.75) is 77.7 Å². The summed E-state index contributed by atoms with van der Waals surface area (Å²) in [4.78, 5) is 26.5. The first-order valence-corrected chi connectivity index (χ1v) is 12.8. The third kappa shape index (κ3) is 6.97. The number of anilines is 1. The number of hydrogen-bond acceptors (Lipinski definition) is 8. The summed E-state index contributed by atoms with van der Waals surface area (Å²) in [5.41, 5.74) is -1.53. The van der Waals surface area contributed by atoms with Gasteiger partial charge in [0.25, 0.3) is 5.91 Å². The van der Waals surface area contributed by atoms with E-state index in [0.29, 0.717) is 19.3 Å². The van der Waals surface area contributed by atoms with Gasteiger partial charge in [0.15, 0.2) is 6.10 Å². The van der Waals surface area contributed by atoms with Crippen LogP contribution in [-0.4, -0.2) is 54.5 Å². The van der Waals surface area contributed by atoms with Crippen LogP contribution in [0.2, 0.25) is 0 Å². The van der Waals surface area contributed by atoms with Crippen molar-refractivity contribution >= 4 is 17.8 Å². The Morgan fingerprint density at radius 2 is 1.82 bits per heavy atom. The Balaban J connectivity index is 2.03. The van der Waals surface area contributed by atoms with Crippen LogP contribution in [0.5, 0.6) is 0 Å². The predicted molar refractivity (Wildman–Crippen MR) is 135 cm³/mol. The van der Waals surface area contributed by atoms with Gasteiger partial charge >= 0.3 is 6.18 Å². The van der Waals surface area contributed by atoms with Crippen LogP contribution in [0, 0.1) is 5.41 Å². The van der Waals surface area contributed by atoms with Crippen LogP contribution in [0.15, 0.2) is 40.9 Å². The van der Waals surface area contributed by atoms with E-state index in [1.807, 2.05) is 13.8 Å². The number of nitrogens with zero attached hydrogens (tertiary/aromatic N) is 4. The summed E-state index contributed by atoms with van der Waals surface area (Å²) in [6.45, 7) is 7.20. The summed E-state index contributed by atoms with van der Waals surface area (Å²) in [5.74, 6) is -0.933. The number of benzene rings is 1. The van der Waals surface area contributed by atoms with Crippen LogP contribution < -0.4 is 10.4 Å². The molecule has 3 aromatic rings. The summed E-state index contributed by atoms with van der Waals surface area (Å²) >= 11 is 0. The second-order valence-electron chi connectivity index (χ2n) is 10.1.